The molecule has 0 saturated heterocycles. The number of aromatic nitrogens is 1. The van der Waals surface area contributed by atoms with Crippen LogP contribution in [-0.4, -0.2) is 19.7 Å². The molecule has 4 nitrogen and oxygen atoms in total. The highest BCUT2D eigenvalue weighted by Gasteiger charge is 2.34. The summed E-state index contributed by atoms with van der Waals surface area (Å²) in [6.45, 7) is 3.43. The number of hydrogen-bond donors (Lipinski definition) is 0. The van der Waals surface area contributed by atoms with Crippen LogP contribution in [0.1, 0.15) is 25.0 Å². The molecule has 31 heavy (non-hydrogen) atoms. The molecule has 0 bridgehead atoms. The van der Waals surface area contributed by atoms with Gasteiger partial charge < -0.3 is 0 Å². The van der Waals surface area contributed by atoms with Gasteiger partial charge in [0.2, 0.25) is 0 Å². The fourth-order valence-electron chi connectivity index (χ4n) is 3.72. The maximum absolute atomic E-state index is 12.6. The summed E-state index contributed by atoms with van der Waals surface area (Å²) in [5.74, 6) is 0. The van der Waals surface area contributed by atoms with Crippen molar-refractivity contribution in [1.29, 1.82) is 5.26 Å². The number of hydrogen-bond acceptors (Lipinski definition) is 4. The van der Waals surface area contributed by atoms with Crippen LogP contribution in [-0.2, 0) is 14.6 Å². The first-order chi connectivity index (χ1) is 14.7. The predicted molar refractivity (Wildman–Crippen MR) is 125 cm³/mol. The smallest absolute Gasteiger partial charge is 0.156 e. The van der Waals surface area contributed by atoms with Crippen molar-refractivity contribution in [3.05, 3.63) is 90.1 Å². The molecule has 0 spiro atoms. The first kappa shape index (κ1) is 20.8. The molecular weight excluding hydrogens is 404 g/mol. The van der Waals surface area contributed by atoms with Crippen LogP contribution in [0, 0.1) is 11.3 Å². The van der Waals surface area contributed by atoms with Gasteiger partial charge in [-0.15, -0.1) is 0 Å². The average molecular weight is 427 g/mol. The third-order valence-electron chi connectivity index (χ3n) is 5.83. The highest BCUT2D eigenvalue weighted by Crippen LogP contribution is 2.37. The van der Waals surface area contributed by atoms with Crippen molar-refractivity contribution in [2.75, 3.05) is 6.26 Å². The molecule has 0 fully saturated rings. The Morgan fingerprint density at radius 3 is 2.35 bits per heavy atom. The summed E-state index contributed by atoms with van der Waals surface area (Å²) in [5.41, 5.74) is 5.63. The Labute approximate surface area is 182 Å². The minimum atomic E-state index is -3.38. The molecule has 0 unspecified atom stereocenters. The first-order valence-electron chi connectivity index (χ1n) is 9.91. The molecule has 0 atom stereocenters. The quantitative estimate of drug-likeness (QED) is 0.418. The van der Waals surface area contributed by atoms with Gasteiger partial charge in [-0.3, -0.25) is 4.98 Å². The fourth-order valence-corrected chi connectivity index (χ4v) is 4.27. The number of sulfone groups is 1. The van der Waals surface area contributed by atoms with E-state index in [1.54, 1.807) is 26.1 Å². The number of rotatable bonds is 4. The summed E-state index contributed by atoms with van der Waals surface area (Å²) < 4.78 is 24.1. The van der Waals surface area contributed by atoms with Gasteiger partial charge in [-0.05, 0) is 72.0 Å². The van der Waals surface area contributed by atoms with Gasteiger partial charge >= 0.3 is 0 Å². The largest absolute Gasteiger partial charge is 0.256 e. The molecule has 3 aromatic carbocycles. The lowest BCUT2D eigenvalue weighted by Crippen LogP contribution is -2.28. The number of fused-ring (bicyclic) bond motifs is 1. The zero-order chi connectivity index (χ0) is 22.2. The van der Waals surface area contributed by atoms with Crippen molar-refractivity contribution in [2.24, 2.45) is 0 Å². The molecule has 154 valence electrons. The van der Waals surface area contributed by atoms with Crippen LogP contribution in [0.25, 0.3) is 33.2 Å². The minimum Gasteiger partial charge on any atom is -0.256 e. The monoisotopic (exact) mass is 426 g/mol. The third kappa shape index (κ3) is 3.71. The molecular formula is C26H22N2O2S. The molecule has 0 saturated carbocycles. The number of nitriles is 1. The summed E-state index contributed by atoms with van der Waals surface area (Å²) in [5, 5.41) is 10.4. The Morgan fingerprint density at radius 1 is 0.871 bits per heavy atom. The number of pyridine rings is 1. The van der Waals surface area contributed by atoms with Gasteiger partial charge in [-0.2, -0.15) is 5.26 Å². The van der Waals surface area contributed by atoms with E-state index in [2.05, 4.69) is 11.1 Å². The van der Waals surface area contributed by atoms with Crippen LogP contribution in [0.15, 0.2) is 79.0 Å². The second-order valence-electron chi connectivity index (χ2n) is 8.12. The van der Waals surface area contributed by atoms with E-state index in [4.69, 9.17) is 0 Å². The maximum atomic E-state index is 12.6. The summed E-state index contributed by atoms with van der Waals surface area (Å²) >= 11 is 0. The summed E-state index contributed by atoms with van der Waals surface area (Å²) in [4.78, 5) is 4.48. The normalized spacial score (nSPS) is 11.9. The van der Waals surface area contributed by atoms with E-state index in [1.165, 1.54) is 6.26 Å². The van der Waals surface area contributed by atoms with Crippen molar-refractivity contribution in [3.63, 3.8) is 0 Å². The molecule has 1 aromatic heterocycles. The van der Waals surface area contributed by atoms with Crippen LogP contribution >= 0.6 is 0 Å². The molecule has 4 rings (SSSR count). The molecule has 0 N–H and O–H groups in total. The van der Waals surface area contributed by atoms with Gasteiger partial charge in [0.05, 0.1) is 21.9 Å². The lowest BCUT2D eigenvalue weighted by molar-refractivity contribution is 0.562. The van der Waals surface area contributed by atoms with Crippen LogP contribution < -0.4 is 0 Å². The SMILES string of the molecule is CC(C)(c1cc(-c2cccc(-c3ccccc3C#N)c2)cc2cccnc12)S(C)(=O)=O. The molecule has 0 radical (unpaired) electrons. The van der Waals surface area contributed by atoms with Gasteiger partial charge in [-0.25, -0.2) is 8.42 Å². The second-order valence-corrected chi connectivity index (χ2v) is 10.7. The van der Waals surface area contributed by atoms with Crippen molar-refractivity contribution < 1.29 is 8.42 Å². The summed E-state index contributed by atoms with van der Waals surface area (Å²) in [6.07, 6.45) is 2.94. The highest BCUT2D eigenvalue weighted by atomic mass is 32.2. The Hall–Kier alpha value is -3.49. The van der Waals surface area contributed by atoms with Gasteiger partial charge in [0, 0.05) is 17.8 Å². The molecule has 5 heteroatoms. The Kier molecular flexibility index (Phi) is 5.12. The fraction of sp³-hybridized carbons (Fsp3) is 0.154. The van der Waals surface area contributed by atoms with Crippen molar-refractivity contribution in [2.45, 2.75) is 18.6 Å². The Bertz CT molecular complexity index is 1450. The molecule has 0 aliphatic heterocycles. The van der Waals surface area contributed by atoms with E-state index in [1.807, 2.05) is 66.7 Å². The highest BCUT2D eigenvalue weighted by molar-refractivity contribution is 7.91. The first-order valence-corrected chi connectivity index (χ1v) is 11.8. The van der Waals surface area contributed by atoms with Crippen molar-refractivity contribution in [1.82, 2.24) is 4.98 Å². The maximum Gasteiger partial charge on any atom is 0.156 e. The van der Waals surface area contributed by atoms with Gasteiger partial charge in [-0.1, -0.05) is 42.5 Å². The summed E-state index contributed by atoms with van der Waals surface area (Å²) in [7, 11) is -3.38. The zero-order valence-electron chi connectivity index (χ0n) is 17.6. The van der Waals surface area contributed by atoms with E-state index < -0.39 is 14.6 Å². The Morgan fingerprint density at radius 2 is 1.61 bits per heavy atom. The third-order valence-corrected chi connectivity index (χ3v) is 7.91. The van der Waals surface area contributed by atoms with Crippen LogP contribution in [0.5, 0.6) is 0 Å². The minimum absolute atomic E-state index is 0.612. The van der Waals surface area contributed by atoms with Crippen LogP contribution in [0.4, 0.5) is 0 Å². The van der Waals surface area contributed by atoms with Crippen LogP contribution in [0.3, 0.4) is 0 Å². The zero-order valence-corrected chi connectivity index (χ0v) is 18.4. The lowest BCUT2D eigenvalue weighted by atomic mass is 9.91. The molecule has 4 aromatic rings. The van der Waals surface area contributed by atoms with Gasteiger partial charge in [0.15, 0.2) is 9.84 Å². The lowest BCUT2D eigenvalue weighted by Gasteiger charge is -2.25. The Balaban J connectivity index is 1.96. The molecule has 0 aliphatic carbocycles. The standard InChI is InChI=1S/C26H22N2O2S/c1-26(2,31(3,29)30)24-16-22(15-20-11-7-13-28-25(20)24)18-9-6-10-19(14-18)23-12-5-4-8-21(23)17-27/h4-16H,1-3H3. The second kappa shape index (κ2) is 7.64. The van der Waals surface area contributed by atoms with Crippen molar-refractivity contribution in [3.8, 4) is 28.3 Å². The van der Waals surface area contributed by atoms with E-state index in [-0.39, 0.29) is 0 Å². The van der Waals surface area contributed by atoms with Crippen LogP contribution in [0.2, 0.25) is 0 Å². The van der Waals surface area contributed by atoms with Crippen molar-refractivity contribution >= 4 is 20.7 Å². The molecule has 0 aliphatic rings. The van der Waals surface area contributed by atoms with E-state index in [9.17, 15) is 13.7 Å². The average Bonchev–Trinajstić information content (AvgIpc) is 2.77. The van der Waals surface area contributed by atoms with E-state index >= 15 is 0 Å². The predicted octanol–water partition coefficient (Wildman–Crippen LogP) is 5.72. The molecule has 1 heterocycles. The topological polar surface area (TPSA) is 70.8 Å². The number of benzene rings is 3. The van der Waals surface area contributed by atoms with E-state index in [0.717, 1.165) is 27.6 Å². The van der Waals surface area contributed by atoms with Gasteiger partial charge in [0.25, 0.3) is 0 Å². The summed E-state index contributed by atoms with van der Waals surface area (Å²) in [6, 6.07) is 25.4. The number of nitrogens with zero attached hydrogens (tertiary/aromatic N) is 2. The molecule has 0 amide bonds. The van der Waals surface area contributed by atoms with E-state index in [0.29, 0.717) is 16.6 Å². The van der Waals surface area contributed by atoms with Gasteiger partial charge in [0.1, 0.15) is 0 Å².